The van der Waals surface area contributed by atoms with E-state index in [-0.39, 0.29) is 5.91 Å². The van der Waals surface area contributed by atoms with E-state index >= 15 is 0 Å². The number of ether oxygens (including phenoxy) is 4. The number of amides is 1. The van der Waals surface area contributed by atoms with Gasteiger partial charge in [-0.05, 0) is 43.3 Å². The maximum Gasteiger partial charge on any atom is 0.223 e. The van der Waals surface area contributed by atoms with Crippen molar-refractivity contribution in [1.82, 2.24) is 4.98 Å². The van der Waals surface area contributed by atoms with Gasteiger partial charge in [-0.25, -0.2) is 4.98 Å². The number of nitrogens with zero attached hydrogens (tertiary/aromatic N) is 1. The van der Waals surface area contributed by atoms with Crippen LogP contribution in [0.3, 0.4) is 0 Å². The smallest absolute Gasteiger partial charge is 0.223 e. The van der Waals surface area contributed by atoms with E-state index in [1.807, 2.05) is 43.3 Å². The number of hydrogen-bond donors (Lipinski definition) is 1. The molecule has 30 heavy (non-hydrogen) atoms. The van der Waals surface area contributed by atoms with E-state index in [9.17, 15) is 4.79 Å². The van der Waals surface area contributed by atoms with Crippen molar-refractivity contribution < 1.29 is 23.7 Å². The van der Waals surface area contributed by atoms with Gasteiger partial charge in [-0.2, -0.15) is 0 Å². The lowest BCUT2D eigenvalue weighted by Crippen LogP contribution is -2.04. The Morgan fingerprint density at radius 2 is 1.63 bits per heavy atom. The fraction of sp³-hybridized carbons (Fsp3) is 0.273. The SMILES string of the molecule is CCOc1ccc(-c2nc(NC(C)=O)sc2-c2cc(OC)c(OC)c(OC)c2)cc1. The Bertz CT molecular complexity index is 1010. The van der Waals surface area contributed by atoms with Gasteiger partial charge in [-0.1, -0.05) is 11.3 Å². The molecule has 1 aromatic heterocycles. The van der Waals surface area contributed by atoms with Crippen molar-refractivity contribution in [3.05, 3.63) is 36.4 Å². The second-order valence-corrected chi connectivity index (χ2v) is 7.25. The summed E-state index contributed by atoms with van der Waals surface area (Å²) >= 11 is 1.38. The van der Waals surface area contributed by atoms with Gasteiger partial charge in [0.05, 0.1) is 38.5 Å². The van der Waals surface area contributed by atoms with Crippen molar-refractivity contribution in [1.29, 1.82) is 0 Å². The predicted molar refractivity (Wildman–Crippen MR) is 118 cm³/mol. The molecule has 0 aliphatic carbocycles. The Labute approximate surface area is 179 Å². The molecular weight excluding hydrogens is 404 g/mol. The fourth-order valence-electron chi connectivity index (χ4n) is 3.00. The first-order valence-electron chi connectivity index (χ1n) is 9.32. The number of carbonyl (C=O) groups excluding carboxylic acids is 1. The molecule has 0 atom stereocenters. The summed E-state index contributed by atoms with van der Waals surface area (Å²) in [6, 6.07) is 11.4. The topological polar surface area (TPSA) is 78.9 Å². The van der Waals surface area contributed by atoms with Crippen LogP contribution < -0.4 is 24.3 Å². The number of thiazole rings is 1. The van der Waals surface area contributed by atoms with Crippen LogP contribution in [0.2, 0.25) is 0 Å². The monoisotopic (exact) mass is 428 g/mol. The van der Waals surface area contributed by atoms with E-state index < -0.39 is 0 Å². The highest BCUT2D eigenvalue weighted by Gasteiger charge is 2.20. The maximum atomic E-state index is 11.6. The molecule has 0 radical (unpaired) electrons. The summed E-state index contributed by atoms with van der Waals surface area (Å²) in [6.45, 7) is 3.99. The van der Waals surface area contributed by atoms with Gasteiger partial charge in [-0.15, -0.1) is 0 Å². The summed E-state index contributed by atoms with van der Waals surface area (Å²) in [5.41, 5.74) is 2.47. The summed E-state index contributed by atoms with van der Waals surface area (Å²) in [7, 11) is 4.71. The zero-order chi connectivity index (χ0) is 21.7. The Kier molecular flexibility index (Phi) is 6.79. The minimum absolute atomic E-state index is 0.182. The maximum absolute atomic E-state index is 11.6. The normalized spacial score (nSPS) is 10.4. The number of methoxy groups -OCH3 is 3. The van der Waals surface area contributed by atoms with Crippen LogP contribution in [-0.4, -0.2) is 38.8 Å². The zero-order valence-electron chi connectivity index (χ0n) is 17.6. The van der Waals surface area contributed by atoms with Gasteiger partial charge in [0.25, 0.3) is 0 Å². The number of benzene rings is 2. The molecule has 2 aromatic carbocycles. The molecule has 0 saturated heterocycles. The molecule has 3 rings (SSSR count). The van der Waals surface area contributed by atoms with E-state index in [0.29, 0.717) is 29.0 Å². The third kappa shape index (κ3) is 4.49. The highest BCUT2D eigenvalue weighted by atomic mass is 32.1. The van der Waals surface area contributed by atoms with Gasteiger partial charge in [-0.3, -0.25) is 4.79 Å². The third-order valence-electron chi connectivity index (χ3n) is 4.28. The number of nitrogens with one attached hydrogen (secondary N) is 1. The van der Waals surface area contributed by atoms with E-state index in [1.165, 1.54) is 18.3 Å². The van der Waals surface area contributed by atoms with Crippen molar-refractivity contribution in [3.8, 4) is 44.7 Å². The summed E-state index contributed by atoms with van der Waals surface area (Å²) < 4.78 is 21.9. The highest BCUT2D eigenvalue weighted by molar-refractivity contribution is 7.19. The zero-order valence-corrected chi connectivity index (χ0v) is 18.4. The average molecular weight is 429 g/mol. The molecule has 0 bridgehead atoms. The minimum Gasteiger partial charge on any atom is -0.494 e. The summed E-state index contributed by atoms with van der Waals surface area (Å²) in [4.78, 5) is 17.1. The van der Waals surface area contributed by atoms with Crippen molar-refractivity contribution in [2.75, 3.05) is 33.3 Å². The second-order valence-electron chi connectivity index (χ2n) is 6.25. The summed E-state index contributed by atoms with van der Waals surface area (Å²) in [6.07, 6.45) is 0. The fourth-order valence-corrected chi connectivity index (χ4v) is 4.02. The first kappa shape index (κ1) is 21.4. The lowest BCUT2D eigenvalue weighted by Gasteiger charge is -2.14. The molecule has 1 amide bonds. The number of aromatic nitrogens is 1. The van der Waals surface area contributed by atoms with Crippen LogP contribution in [-0.2, 0) is 4.79 Å². The molecular formula is C22H24N2O5S. The van der Waals surface area contributed by atoms with E-state index in [0.717, 1.165) is 27.4 Å². The Morgan fingerprint density at radius 1 is 1.00 bits per heavy atom. The minimum atomic E-state index is -0.182. The van der Waals surface area contributed by atoms with E-state index in [4.69, 9.17) is 18.9 Å². The third-order valence-corrected chi connectivity index (χ3v) is 5.30. The van der Waals surface area contributed by atoms with E-state index in [1.54, 1.807) is 21.3 Å². The molecule has 158 valence electrons. The molecule has 3 aromatic rings. The molecule has 0 aliphatic heterocycles. The van der Waals surface area contributed by atoms with E-state index in [2.05, 4.69) is 10.3 Å². The summed E-state index contributed by atoms with van der Waals surface area (Å²) in [5, 5.41) is 3.28. The van der Waals surface area contributed by atoms with Gasteiger partial charge in [0, 0.05) is 18.1 Å². The standard InChI is InChI=1S/C22H24N2O5S/c1-6-29-16-9-7-14(8-10-16)19-21(30-22(24-19)23-13(2)25)15-11-17(26-3)20(28-5)18(12-15)27-4/h7-12H,6H2,1-5H3,(H,23,24,25). The number of anilines is 1. The Hall–Kier alpha value is -3.26. The molecule has 0 saturated carbocycles. The van der Waals surface area contributed by atoms with Gasteiger partial charge in [0.15, 0.2) is 16.6 Å². The first-order valence-corrected chi connectivity index (χ1v) is 10.1. The average Bonchev–Trinajstić information content (AvgIpc) is 3.16. The van der Waals surface area contributed by atoms with Gasteiger partial charge >= 0.3 is 0 Å². The first-order chi connectivity index (χ1) is 14.5. The van der Waals surface area contributed by atoms with Crippen molar-refractivity contribution >= 4 is 22.4 Å². The van der Waals surface area contributed by atoms with Crippen LogP contribution in [0.15, 0.2) is 36.4 Å². The second kappa shape index (κ2) is 9.49. The number of rotatable bonds is 8. The van der Waals surface area contributed by atoms with Crippen molar-refractivity contribution in [2.45, 2.75) is 13.8 Å². The molecule has 8 heteroatoms. The number of hydrogen-bond acceptors (Lipinski definition) is 7. The number of carbonyl (C=O) groups is 1. The Morgan fingerprint density at radius 3 is 2.13 bits per heavy atom. The lowest BCUT2D eigenvalue weighted by atomic mass is 10.1. The Balaban J connectivity index is 2.16. The highest BCUT2D eigenvalue weighted by Crippen LogP contribution is 2.46. The van der Waals surface area contributed by atoms with Crippen LogP contribution in [0.1, 0.15) is 13.8 Å². The van der Waals surface area contributed by atoms with Crippen molar-refractivity contribution in [2.24, 2.45) is 0 Å². The van der Waals surface area contributed by atoms with Crippen LogP contribution in [0.4, 0.5) is 5.13 Å². The molecule has 7 nitrogen and oxygen atoms in total. The molecule has 0 fully saturated rings. The quantitative estimate of drug-likeness (QED) is 0.552. The van der Waals surface area contributed by atoms with Gasteiger partial charge in [0.2, 0.25) is 11.7 Å². The molecule has 1 N–H and O–H groups in total. The van der Waals surface area contributed by atoms with Gasteiger partial charge in [0.1, 0.15) is 5.75 Å². The molecule has 1 heterocycles. The molecule has 0 spiro atoms. The van der Waals surface area contributed by atoms with Crippen LogP contribution >= 0.6 is 11.3 Å². The van der Waals surface area contributed by atoms with Crippen LogP contribution in [0.25, 0.3) is 21.7 Å². The van der Waals surface area contributed by atoms with Crippen LogP contribution in [0, 0.1) is 0 Å². The predicted octanol–water partition coefficient (Wildman–Crippen LogP) is 4.86. The summed E-state index contributed by atoms with van der Waals surface area (Å²) in [5.74, 6) is 2.20. The largest absolute Gasteiger partial charge is 0.494 e. The van der Waals surface area contributed by atoms with Crippen LogP contribution in [0.5, 0.6) is 23.0 Å². The lowest BCUT2D eigenvalue weighted by molar-refractivity contribution is -0.114. The molecule has 0 aliphatic rings. The van der Waals surface area contributed by atoms with Crippen molar-refractivity contribution in [3.63, 3.8) is 0 Å². The molecule has 0 unspecified atom stereocenters. The van der Waals surface area contributed by atoms with Gasteiger partial charge < -0.3 is 24.3 Å².